The molecule has 0 amide bonds. The zero-order chi connectivity index (χ0) is 25.9. The van der Waals surface area contributed by atoms with Gasteiger partial charge in [0.1, 0.15) is 0 Å². The van der Waals surface area contributed by atoms with Gasteiger partial charge in [-0.2, -0.15) is 0 Å². The lowest BCUT2D eigenvalue weighted by molar-refractivity contribution is 0.225. The molecular formula is C31H31NS. The second-order valence-electron chi connectivity index (χ2n) is 10.4. The Hall–Kier alpha value is -2.97. The minimum absolute atomic E-state index is 0.00273. The second-order valence-corrected chi connectivity index (χ2v) is 11.4. The van der Waals surface area contributed by atoms with Crippen LogP contribution in [0.3, 0.4) is 0 Å². The summed E-state index contributed by atoms with van der Waals surface area (Å²) >= 11 is 1.80. The van der Waals surface area contributed by atoms with Gasteiger partial charge in [0.25, 0.3) is 0 Å². The van der Waals surface area contributed by atoms with Gasteiger partial charge in [-0.05, 0) is 58.6 Å². The maximum absolute atomic E-state index is 7.62. The van der Waals surface area contributed by atoms with Gasteiger partial charge in [-0.3, -0.25) is 4.98 Å². The van der Waals surface area contributed by atoms with E-state index >= 15 is 0 Å². The Balaban J connectivity index is 1.61. The first-order valence-corrected chi connectivity index (χ1v) is 12.2. The first-order chi connectivity index (χ1) is 16.9. The number of rotatable bonds is 3. The highest BCUT2D eigenvalue weighted by Crippen LogP contribution is 2.44. The molecule has 1 nitrogen and oxygen atoms in total. The van der Waals surface area contributed by atoms with Gasteiger partial charge in [-0.1, -0.05) is 88.7 Å². The van der Waals surface area contributed by atoms with E-state index in [1.165, 1.54) is 25.7 Å². The zero-order valence-corrected chi connectivity index (χ0v) is 20.7. The number of aryl methyl sites for hydroxylation is 1. The molecule has 0 aliphatic heterocycles. The summed E-state index contributed by atoms with van der Waals surface area (Å²) < 4.78 is 25.3. The number of hydrogen-bond donors (Lipinski definition) is 0. The Morgan fingerprint density at radius 2 is 1.55 bits per heavy atom. The molecule has 0 aliphatic rings. The first kappa shape index (κ1) is 18.5. The fourth-order valence-electron chi connectivity index (χ4n) is 4.24. The Morgan fingerprint density at radius 1 is 0.788 bits per heavy atom. The summed E-state index contributed by atoms with van der Waals surface area (Å²) in [4.78, 5) is 4.78. The summed E-state index contributed by atoms with van der Waals surface area (Å²) in [6.45, 7) is 9.38. The molecule has 0 aliphatic carbocycles. The van der Waals surface area contributed by atoms with Crippen LogP contribution >= 0.6 is 11.3 Å². The van der Waals surface area contributed by atoms with Crippen LogP contribution in [0.25, 0.3) is 42.6 Å². The minimum Gasteiger partial charge on any atom is -0.256 e. The third-order valence-corrected chi connectivity index (χ3v) is 8.57. The second kappa shape index (κ2) is 7.81. The smallest absolute Gasteiger partial charge is 0.0719 e. The topological polar surface area (TPSA) is 12.9 Å². The maximum Gasteiger partial charge on any atom is 0.0719 e. The number of pyridine rings is 1. The predicted octanol–water partition coefficient (Wildman–Crippen LogP) is 9.42. The van der Waals surface area contributed by atoms with Crippen molar-refractivity contribution < 1.29 is 4.11 Å². The predicted molar refractivity (Wildman–Crippen MR) is 145 cm³/mol. The van der Waals surface area contributed by atoms with Crippen LogP contribution in [-0.2, 0) is 5.41 Å². The summed E-state index contributed by atoms with van der Waals surface area (Å²) in [5.74, 6) is 0. The fourth-order valence-corrected chi connectivity index (χ4v) is 5.45. The molecule has 0 N–H and O–H groups in total. The van der Waals surface area contributed by atoms with Crippen molar-refractivity contribution in [3.05, 3.63) is 90.1 Å². The van der Waals surface area contributed by atoms with E-state index in [4.69, 9.17) is 9.10 Å². The molecule has 2 aromatic heterocycles. The van der Waals surface area contributed by atoms with Gasteiger partial charge in [0, 0.05) is 36.0 Å². The van der Waals surface area contributed by atoms with E-state index in [1.807, 2.05) is 18.3 Å². The highest BCUT2D eigenvalue weighted by atomic mass is 32.1. The molecule has 2 heterocycles. The van der Waals surface area contributed by atoms with E-state index < -0.39 is 6.85 Å². The van der Waals surface area contributed by atoms with Gasteiger partial charge in [0.05, 0.1) is 5.69 Å². The van der Waals surface area contributed by atoms with Gasteiger partial charge in [-0.25, -0.2) is 0 Å². The van der Waals surface area contributed by atoms with E-state index in [2.05, 4.69) is 83.1 Å². The van der Waals surface area contributed by atoms with Crippen molar-refractivity contribution in [1.29, 1.82) is 0 Å². The molecule has 0 unspecified atom stereocenters. The lowest BCUT2D eigenvalue weighted by Crippen LogP contribution is -2.33. The van der Waals surface area contributed by atoms with E-state index in [0.717, 1.165) is 22.4 Å². The average Bonchev–Trinajstić information content (AvgIpc) is 3.21. The molecule has 0 bridgehead atoms. The Bertz CT molecular complexity index is 1570. The quantitative estimate of drug-likeness (QED) is 0.266. The van der Waals surface area contributed by atoms with Crippen molar-refractivity contribution >= 4 is 31.5 Å². The number of fused-ring (bicyclic) bond motifs is 3. The molecule has 3 aromatic carbocycles. The average molecular weight is 453 g/mol. The fraction of sp³-hybridized carbons (Fsp3) is 0.258. The van der Waals surface area contributed by atoms with Crippen LogP contribution < -0.4 is 0 Å². The van der Waals surface area contributed by atoms with Crippen LogP contribution in [0.15, 0.2) is 79.0 Å². The molecular weight excluding hydrogens is 418 g/mol. The lowest BCUT2D eigenvalue weighted by Gasteiger charge is -2.39. The van der Waals surface area contributed by atoms with Crippen molar-refractivity contribution in [1.82, 2.24) is 4.98 Å². The first-order valence-electron chi connectivity index (χ1n) is 12.9. The summed E-state index contributed by atoms with van der Waals surface area (Å²) in [5.41, 5.74) is 6.03. The van der Waals surface area contributed by atoms with Gasteiger partial charge in [0.2, 0.25) is 0 Å². The Morgan fingerprint density at radius 3 is 2.27 bits per heavy atom. The molecule has 0 atom stereocenters. The lowest BCUT2D eigenvalue weighted by atomic mass is 9.65. The third-order valence-electron chi connectivity index (χ3n) is 7.35. The summed E-state index contributed by atoms with van der Waals surface area (Å²) in [6, 6.07) is 24.6. The van der Waals surface area contributed by atoms with Crippen LogP contribution in [0.1, 0.15) is 49.9 Å². The third kappa shape index (κ3) is 3.77. The van der Waals surface area contributed by atoms with Crippen LogP contribution in [0.2, 0.25) is 0 Å². The van der Waals surface area contributed by atoms with Gasteiger partial charge in [-0.15, -0.1) is 11.3 Å². The van der Waals surface area contributed by atoms with E-state index in [9.17, 15) is 0 Å². The van der Waals surface area contributed by atoms with Crippen LogP contribution in [-0.4, -0.2) is 4.98 Å². The van der Waals surface area contributed by atoms with Gasteiger partial charge >= 0.3 is 0 Å². The summed E-state index contributed by atoms with van der Waals surface area (Å²) in [6.07, 6.45) is 1.94. The number of benzene rings is 3. The van der Waals surface area contributed by atoms with E-state index in [0.29, 0.717) is 5.56 Å². The van der Waals surface area contributed by atoms with E-state index in [-0.39, 0.29) is 10.8 Å². The van der Waals surface area contributed by atoms with Crippen molar-refractivity contribution in [2.45, 2.75) is 46.9 Å². The maximum atomic E-state index is 7.62. The van der Waals surface area contributed by atoms with Gasteiger partial charge in [0.15, 0.2) is 0 Å². The zero-order valence-electron chi connectivity index (χ0n) is 22.9. The number of aromatic nitrogens is 1. The Kier molecular flexibility index (Phi) is 4.37. The number of nitrogens with zero attached hydrogens (tertiary/aromatic N) is 1. The molecule has 0 spiro atoms. The van der Waals surface area contributed by atoms with Crippen molar-refractivity contribution in [3.8, 4) is 22.4 Å². The highest BCUT2D eigenvalue weighted by Gasteiger charge is 2.34. The number of hydrogen-bond acceptors (Lipinski definition) is 2. The molecule has 0 fully saturated rings. The van der Waals surface area contributed by atoms with Crippen LogP contribution in [0, 0.1) is 12.3 Å². The van der Waals surface area contributed by atoms with Crippen molar-refractivity contribution in [2.75, 3.05) is 0 Å². The largest absolute Gasteiger partial charge is 0.256 e. The molecule has 33 heavy (non-hydrogen) atoms. The van der Waals surface area contributed by atoms with Crippen molar-refractivity contribution in [3.63, 3.8) is 0 Å². The van der Waals surface area contributed by atoms with Crippen LogP contribution in [0.4, 0.5) is 0 Å². The van der Waals surface area contributed by atoms with Gasteiger partial charge < -0.3 is 0 Å². The van der Waals surface area contributed by atoms with Crippen LogP contribution in [0.5, 0.6) is 0 Å². The SMILES string of the molecule is [2H]C([2H])([2H])c1ccc(-c2ccc3sc4c(-c5cc(C(C)(C)C(C)(C)C)ccn5)cccc4c3c2)cc1. The molecule has 166 valence electrons. The summed E-state index contributed by atoms with van der Waals surface area (Å²) in [5, 5.41) is 2.43. The van der Waals surface area contributed by atoms with Crippen molar-refractivity contribution in [2.24, 2.45) is 5.41 Å². The molecule has 0 saturated heterocycles. The number of thiophene rings is 1. The molecule has 5 rings (SSSR count). The monoisotopic (exact) mass is 452 g/mol. The van der Waals surface area contributed by atoms with E-state index in [1.54, 1.807) is 23.5 Å². The minimum atomic E-state index is -2.09. The molecule has 0 radical (unpaired) electrons. The standard InChI is InChI=1S/C31H31NS/c1-20-10-12-21(13-11-20)22-14-15-28-26(18-22)24-8-7-9-25(29(24)33-28)27-19-23(16-17-32-27)31(5,6)30(2,3)4/h7-19H,1-6H3/i1D3. The highest BCUT2D eigenvalue weighted by molar-refractivity contribution is 7.26. The molecule has 0 saturated carbocycles. The molecule has 5 aromatic rings. The summed E-state index contributed by atoms with van der Waals surface area (Å²) in [7, 11) is 0. The molecule has 2 heteroatoms. The Labute approximate surface area is 205 Å². The normalized spacial score (nSPS) is 14.3.